The average Bonchev–Trinajstić information content (AvgIpc) is 2.93. The standard InChI is InChI=1S/C17H23N5OS/c1-12-8-13(2)10-22(9-12)15(23)11-24-17-20-19-16(21(17)3)14-4-6-18-7-5-14/h4-7,12-13H,8-11H2,1-3H3. The van der Waals surface area contributed by atoms with Crippen LogP contribution >= 0.6 is 11.8 Å². The Hall–Kier alpha value is -1.89. The van der Waals surface area contributed by atoms with Crippen molar-refractivity contribution in [1.29, 1.82) is 0 Å². The second kappa shape index (κ2) is 7.34. The van der Waals surface area contributed by atoms with Gasteiger partial charge in [0.1, 0.15) is 0 Å². The number of amides is 1. The van der Waals surface area contributed by atoms with Gasteiger partial charge in [-0.3, -0.25) is 9.78 Å². The third-order valence-corrected chi connectivity index (χ3v) is 5.32. The highest BCUT2D eigenvalue weighted by atomic mass is 32.2. The van der Waals surface area contributed by atoms with Crippen molar-refractivity contribution in [3.8, 4) is 11.4 Å². The van der Waals surface area contributed by atoms with E-state index >= 15 is 0 Å². The van der Waals surface area contributed by atoms with E-state index in [2.05, 4.69) is 29.0 Å². The largest absolute Gasteiger partial charge is 0.341 e. The molecule has 0 aliphatic carbocycles. The van der Waals surface area contributed by atoms with Crippen LogP contribution in [-0.2, 0) is 11.8 Å². The average molecular weight is 345 g/mol. The monoisotopic (exact) mass is 345 g/mol. The molecule has 2 aromatic rings. The Labute approximate surface area is 146 Å². The Balaban J connectivity index is 1.63. The molecule has 0 aromatic carbocycles. The van der Waals surface area contributed by atoms with Crippen molar-refractivity contribution in [3.05, 3.63) is 24.5 Å². The number of thioether (sulfide) groups is 1. The van der Waals surface area contributed by atoms with Gasteiger partial charge in [-0.25, -0.2) is 0 Å². The van der Waals surface area contributed by atoms with Crippen LogP contribution in [0.25, 0.3) is 11.4 Å². The number of carbonyl (C=O) groups excluding carboxylic acids is 1. The lowest BCUT2D eigenvalue weighted by Crippen LogP contribution is -2.43. The minimum absolute atomic E-state index is 0.187. The fourth-order valence-electron chi connectivity index (χ4n) is 3.28. The molecule has 128 valence electrons. The van der Waals surface area contributed by atoms with Crippen LogP contribution < -0.4 is 0 Å². The SMILES string of the molecule is CC1CC(C)CN(C(=O)CSc2nnc(-c3ccncc3)n2C)C1. The molecule has 2 atom stereocenters. The normalized spacial score (nSPS) is 21.0. The number of nitrogens with zero attached hydrogens (tertiary/aromatic N) is 5. The third-order valence-electron chi connectivity index (χ3n) is 4.32. The minimum Gasteiger partial charge on any atom is -0.341 e. The Morgan fingerprint density at radius 2 is 1.88 bits per heavy atom. The van der Waals surface area contributed by atoms with Crippen LogP contribution in [0.4, 0.5) is 0 Å². The van der Waals surface area contributed by atoms with E-state index in [9.17, 15) is 4.79 Å². The Kier molecular flexibility index (Phi) is 5.18. The van der Waals surface area contributed by atoms with Gasteiger partial charge in [0.25, 0.3) is 0 Å². The van der Waals surface area contributed by atoms with E-state index < -0.39 is 0 Å². The van der Waals surface area contributed by atoms with Gasteiger partial charge in [0, 0.05) is 38.1 Å². The Bertz CT molecular complexity index is 692. The van der Waals surface area contributed by atoms with Crippen molar-refractivity contribution in [2.45, 2.75) is 25.4 Å². The molecule has 2 aromatic heterocycles. The van der Waals surface area contributed by atoms with Crippen molar-refractivity contribution in [1.82, 2.24) is 24.6 Å². The second-order valence-corrected chi connectivity index (χ2v) is 7.58. The smallest absolute Gasteiger partial charge is 0.233 e. The van der Waals surface area contributed by atoms with Crippen LogP contribution in [-0.4, -0.2) is 49.4 Å². The third kappa shape index (κ3) is 3.77. The summed E-state index contributed by atoms with van der Waals surface area (Å²) in [5, 5.41) is 9.22. The molecule has 0 saturated carbocycles. The molecule has 7 heteroatoms. The lowest BCUT2D eigenvalue weighted by molar-refractivity contribution is -0.130. The zero-order valence-corrected chi connectivity index (χ0v) is 15.2. The van der Waals surface area contributed by atoms with Gasteiger partial charge in [0.05, 0.1) is 5.75 Å². The first-order chi connectivity index (χ1) is 11.5. The summed E-state index contributed by atoms with van der Waals surface area (Å²) in [6.45, 7) is 6.16. The van der Waals surface area contributed by atoms with Gasteiger partial charge in [-0.2, -0.15) is 0 Å². The highest BCUT2D eigenvalue weighted by Gasteiger charge is 2.25. The molecule has 1 aliphatic heterocycles. The van der Waals surface area contributed by atoms with Crippen LogP contribution in [0, 0.1) is 11.8 Å². The van der Waals surface area contributed by atoms with Crippen LogP contribution in [0.1, 0.15) is 20.3 Å². The summed E-state index contributed by atoms with van der Waals surface area (Å²) in [5.74, 6) is 2.54. The van der Waals surface area contributed by atoms with Gasteiger partial charge in [0.15, 0.2) is 11.0 Å². The van der Waals surface area contributed by atoms with Crippen LogP contribution in [0.3, 0.4) is 0 Å². The predicted octanol–water partition coefficient (Wildman–Crippen LogP) is 2.47. The predicted molar refractivity (Wildman–Crippen MR) is 94.5 cm³/mol. The fraction of sp³-hybridized carbons (Fsp3) is 0.529. The summed E-state index contributed by atoms with van der Waals surface area (Å²) in [6, 6.07) is 3.81. The maximum atomic E-state index is 12.5. The molecule has 3 heterocycles. The molecule has 0 spiro atoms. The second-order valence-electron chi connectivity index (χ2n) is 6.63. The summed E-state index contributed by atoms with van der Waals surface area (Å²) in [4.78, 5) is 18.5. The Morgan fingerprint density at radius 3 is 2.54 bits per heavy atom. The summed E-state index contributed by atoms with van der Waals surface area (Å²) in [6.07, 6.45) is 4.67. The zero-order valence-electron chi connectivity index (χ0n) is 14.3. The fourth-order valence-corrected chi connectivity index (χ4v) is 4.09. The first kappa shape index (κ1) is 17.0. The van der Waals surface area contributed by atoms with E-state index in [1.54, 1.807) is 12.4 Å². The van der Waals surface area contributed by atoms with Gasteiger partial charge in [-0.05, 0) is 30.4 Å². The molecule has 1 aliphatic rings. The van der Waals surface area contributed by atoms with Crippen molar-refractivity contribution in [2.24, 2.45) is 18.9 Å². The number of hydrogen-bond acceptors (Lipinski definition) is 5. The maximum Gasteiger partial charge on any atom is 0.233 e. The van der Waals surface area contributed by atoms with Gasteiger partial charge >= 0.3 is 0 Å². The molecule has 1 amide bonds. The van der Waals surface area contributed by atoms with Gasteiger partial charge in [-0.15, -0.1) is 10.2 Å². The zero-order chi connectivity index (χ0) is 17.1. The van der Waals surface area contributed by atoms with E-state index in [4.69, 9.17) is 0 Å². The summed E-state index contributed by atoms with van der Waals surface area (Å²) in [7, 11) is 1.92. The van der Waals surface area contributed by atoms with E-state index in [-0.39, 0.29) is 5.91 Å². The van der Waals surface area contributed by atoms with Crippen molar-refractivity contribution in [3.63, 3.8) is 0 Å². The number of rotatable bonds is 4. The molecular weight excluding hydrogens is 322 g/mol. The number of carbonyl (C=O) groups is 1. The van der Waals surface area contributed by atoms with Crippen molar-refractivity contribution < 1.29 is 4.79 Å². The number of aromatic nitrogens is 4. The summed E-state index contributed by atoms with van der Waals surface area (Å²) in [5.41, 5.74) is 0.969. The highest BCUT2D eigenvalue weighted by Crippen LogP contribution is 2.24. The van der Waals surface area contributed by atoms with Gasteiger partial charge < -0.3 is 9.47 Å². The first-order valence-corrected chi connectivity index (χ1v) is 9.23. The van der Waals surface area contributed by atoms with E-state index in [1.165, 1.54) is 18.2 Å². The quantitative estimate of drug-likeness (QED) is 0.797. The van der Waals surface area contributed by atoms with Crippen molar-refractivity contribution >= 4 is 17.7 Å². The molecular formula is C17H23N5OS. The Morgan fingerprint density at radius 1 is 1.21 bits per heavy atom. The van der Waals surface area contributed by atoms with E-state index in [0.717, 1.165) is 29.6 Å². The number of likely N-dealkylation sites (tertiary alicyclic amines) is 1. The lowest BCUT2D eigenvalue weighted by atomic mass is 9.92. The maximum absolute atomic E-state index is 12.5. The molecule has 24 heavy (non-hydrogen) atoms. The number of pyridine rings is 1. The van der Waals surface area contributed by atoms with E-state index in [0.29, 0.717) is 17.6 Å². The summed E-state index contributed by atoms with van der Waals surface area (Å²) >= 11 is 1.45. The lowest BCUT2D eigenvalue weighted by Gasteiger charge is -2.34. The molecule has 0 bridgehead atoms. The molecule has 0 radical (unpaired) electrons. The molecule has 2 unspecified atom stereocenters. The summed E-state index contributed by atoms with van der Waals surface area (Å²) < 4.78 is 1.93. The molecule has 3 rings (SSSR count). The van der Waals surface area contributed by atoms with Crippen LogP contribution in [0.5, 0.6) is 0 Å². The molecule has 1 fully saturated rings. The molecule has 1 saturated heterocycles. The molecule has 6 nitrogen and oxygen atoms in total. The highest BCUT2D eigenvalue weighted by molar-refractivity contribution is 7.99. The number of hydrogen-bond donors (Lipinski definition) is 0. The van der Waals surface area contributed by atoms with Crippen LogP contribution in [0.15, 0.2) is 29.7 Å². The topological polar surface area (TPSA) is 63.9 Å². The van der Waals surface area contributed by atoms with Crippen LogP contribution in [0.2, 0.25) is 0 Å². The minimum atomic E-state index is 0.187. The first-order valence-electron chi connectivity index (χ1n) is 8.25. The van der Waals surface area contributed by atoms with Crippen molar-refractivity contribution in [2.75, 3.05) is 18.8 Å². The molecule has 0 N–H and O–H groups in total. The van der Waals surface area contributed by atoms with Gasteiger partial charge in [-0.1, -0.05) is 25.6 Å². The van der Waals surface area contributed by atoms with Gasteiger partial charge in [0.2, 0.25) is 5.91 Å². The van der Waals surface area contributed by atoms with E-state index in [1.807, 2.05) is 28.6 Å². The number of piperidine rings is 1.